The van der Waals surface area contributed by atoms with Crippen molar-refractivity contribution in [2.45, 2.75) is 18.2 Å². The summed E-state index contributed by atoms with van der Waals surface area (Å²) in [5.41, 5.74) is 6.74. The van der Waals surface area contributed by atoms with Crippen LogP contribution in [0, 0.1) is 0 Å². The van der Waals surface area contributed by atoms with Gasteiger partial charge in [-0.05, 0) is 29.9 Å². The molecule has 17 heavy (non-hydrogen) atoms. The lowest BCUT2D eigenvalue weighted by Crippen LogP contribution is -2.31. The van der Waals surface area contributed by atoms with Crippen molar-refractivity contribution in [1.82, 2.24) is 0 Å². The molecule has 0 saturated carbocycles. The van der Waals surface area contributed by atoms with Gasteiger partial charge in [0, 0.05) is 5.75 Å². The van der Waals surface area contributed by atoms with Gasteiger partial charge >= 0.3 is 5.97 Å². The van der Waals surface area contributed by atoms with E-state index in [0.717, 1.165) is 17.1 Å². The van der Waals surface area contributed by atoms with Gasteiger partial charge < -0.3 is 15.6 Å². The number of carbonyl (C=O) groups is 1. The molecule has 1 atom stereocenters. The van der Waals surface area contributed by atoms with Crippen LogP contribution in [0.3, 0.4) is 0 Å². The van der Waals surface area contributed by atoms with Crippen LogP contribution in [0.15, 0.2) is 24.3 Å². The largest absolute Gasteiger partial charge is 0.508 e. The number of carbonyl (C=O) groups excluding carboxylic acids is 1. The Bertz CT molecular complexity index is 353. The Morgan fingerprint density at radius 3 is 2.71 bits per heavy atom. The van der Waals surface area contributed by atoms with E-state index in [-0.39, 0.29) is 11.7 Å². The van der Waals surface area contributed by atoms with Crippen LogP contribution in [0.4, 0.5) is 0 Å². The molecule has 0 fully saturated rings. The predicted octanol–water partition coefficient (Wildman–Crippen LogP) is 1.52. The number of hydrogen-bond acceptors (Lipinski definition) is 5. The summed E-state index contributed by atoms with van der Waals surface area (Å²) in [6.07, 6.45) is 0.607. The second-order valence-electron chi connectivity index (χ2n) is 3.64. The molecule has 0 saturated heterocycles. The number of benzene rings is 1. The lowest BCUT2D eigenvalue weighted by atomic mass is 10.2. The van der Waals surface area contributed by atoms with Crippen LogP contribution in [-0.4, -0.2) is 30.0 Å². The zero-order chi connectivity index (χ0) is 12.7. The third-order valence-electron chi connectivity index (χ3n) is 2.28. The standard InChI is InChI=1S/C12H17NO3S/c1-16-12(15)11(13)6-7-17-8-9-2-4-10(14)5-3-9/h2-5,11,14H,6-8,13H2,1H3. The minimum absolute atomic E-state index is 0.270. The first-order chi connectivity index (χ1) is 8.13. The van der Waals surface area contributed by atoms with Crippen molar-refractivity contribution < 1.29 is 14.6 Å². The normalized spacial score (nSPS) is 12.1. The van der Waals surface area contributed by atoms with Crippen LogP contribution < -0.4 is 5.73 Å². The highest BCUT2D eigenvalue weighted by Crippen LogP contribution is 2.16. The molecule has 4 nitrogen and oxygen atoms in total. The number of esters is 1. The molecule has 1 aromatic rings. The summed E-state index contributed by atoms with van der Waals surface area (Å²) >= 11 is 1.70. The number of phenolic OH excluding ortho intramolecular Hbond substituents is 1. The molecule has 0 aliphatic rings. The minimum atomic E-state index is -0.535. The summed E-state index contributed by atoms with van der Waals surface area (Å²) in [5.74, 6) is 1.55. The van der Waals surface area contributed by atoms with Gasteiger partial charge in [-0.1, -0.05) is 12.1 Å². The van der Waals surface area contributed by atoms with Gasteiger partial charge in [0.2, 0.25) is 0 Å². The van der Waals surface area contributed by atoms with Crippen LogP contribution in [-0.2, 0) is 15.3 Å². The highest BCUT2D eigenvalue weighted by molar-refractivity contribution is 7.98. The third-order valence-corrected chi connectivity index (χ3v) is 3.34. The van der Waals surface area contributed by atoms with E-state index >= 15 is 0 Å². The Balaban J connectivity index is 2.20. The predicted molar refractivity (Wildman–Crippen MR) is 68.9 cm³/mol. The van der Waals surface area contributed by atoms with Crippen molar-refractivity contribution in [2.75, 3.05) is 12.9 Å². The van der Waals surface area contributed by atoms with Gasteiger partial charge in [-0.25, -0.2) is 0 Å². The number of ether oxygens (including phenoxy) is 1. The summed E-state index contributed by atoms with van der Waals surface area (Å²) in [5, 5.41) is 9.11. The summed E-state index contributed by atoms with van der Waals surface area (Å²) in [7, 11) is 1.34. The van der Waals surface area contributed by atoms with E-state index in [1.54, 1.807) is 23.9 Å². The Kier molecular flexibility index (Phi) is 5.86. The van der Waals surface area contributed by atoms with Crippen molar-refractivity contribution in [3.8, 4) is 5.75 Å². The second-order valence-corrected chi connectivity index (χ2v) is 4.74. The summed E-state index contributed by atoms with van der Waals surface area (Å²) in [6, 6.07) is 6.55. The highest BCUT2D eigenvalue weighted by Gasteiger charge is 2.12. The molecule has 0 aromatic heterocycles. The molecular formula is C12H17NO3S. The van der Waals surface area contributed by atoms with E-state index in [1.165, 1.54) is 7.11 Å². The summed E-state index contributed by atoms with van der Waals surface area (Å²) in [4.78, 5) is 11.0. The van der Waals surface area contributed by atoms with Crippen molar-refractivity contribution >= 4 is 17.7 Å². The second kappa shape index (κ2) is 7.19. The molecule has 94 valence electrons. The number of nitrogens with two attached hydrogens (primary N) is 1. The quantitative estimate of drug-likeness (QED) is 0.595. The topological polar surface area (TPSA) is 72.5 Å². The third kappa shape index (κ3) is 5.10. The minimum Gasteiger partial charge on any atom is -0.508 e. The Hall–Kier alpha value is -1.20. The average molecular weight is 255 g/mol. The lowest BCUT2D eigenvalue weighted by molar-refractivity contribution is -0.142. The molecule has 3 N–H and O–H groups in total. The molecular weight excluding hydrogens is 238 g/mol. The van der Waals surface area contributed by atoms with E-state index in [4.69, 9.17) is 10.8 Å². The molecule has 0 radical (unpaired) electrons. The first-order valence-corrected chi connectivity index (χ1v) is 6.48. The van der Waals surface area contributed by atoms with Crippen LogP contribution in [0.2, 0.25) is 0 Å². The van der Waals surface area contributed by atoms with E-state index in [0.29, 0.717) is 6.42 Å². The number of aromatic hydroxyl groups is 1. The Morgan fingerprint density at radius 2 is 2.12 bits per heavy atom. The van der Waals surface area contributed by atoms with Crippen LogP contribution in [0.5, 0.6) is 5.75 Å². The van der Waals surface area contributed by atoms with Gasteiger partial charge in [0.1, 0.15) is 11.8 Å². The van der Waals surface area contributed by atoms with Gasteiger partial charge in [-0.15, -0.1) is 0 Å². The summed E-state index contributed by atoms with van der Waals surface area (Å²) < 4.78 is 4.54. The lowest BCUT2D eigenvalue weighted by Gasteiger charge is -2.08. The van der Waals surface area contributed by atoms with Gasteiger partial charge in [0.25, 0.3) is 0 Å². The Labute approximate surface area is 105 Å². The average Bonchev–Trinajstić information content (AvgIpc) is 2.35. The smallest absolute Gasteiger partial charge is 0.322 e. The zero-order valence-electron chi connectivity index (χ0n) is 9.76. The maximum absolute atomic E-state index is 11.0. The van der Waals surface area contributed by atoms with Gasteiger partial charge in [-0.2, -0.15) is 11.8 Å². The van der Waals surface area contributed by atoms with Crippen LogP contribution >= 0.6 is 11.8 Å². The van der Waals surface area contributed by atoms with Crippen molar-refractivity contribution in [3.05, 3.63) is 29.8 Å². The monoisotopic (exact) mass is 255 g/mol. The Morgan fingerprint density at radius 1 is 1.47 bits per heavy atom. The van der Waals surface area contributed by atoms with Crippen molar-refractivity contribution in [2.24, 2.45) is 5.73 Å². The van der Waals surface area contributed by atoms with Gasteiger partial charge in [0.05, 0.1) is 7.11 Å². The van der Waals surface area contributed by atoms with Crippen LogP contribution in [0.1, 0.15) is 12.0 Å². The molecule has 1 unspecified atom stereocenters. The molecule has 0 spiro atoms. The maximum atomic E-state index is 11.0. The van der Waals surface area contributed by atoms with E-state index in [9.17, 15) is 4.79 Å². The molecule has 0 aliphatic heterocycles. The fourth-order valence-corrected chi connectivity index (χ4v) is 2.25. The fraction of sp³-hybridized carbons (Fsp3) is 0.417. The first-order valence-electron chi connectivity index (χ1n) is 5.32. The van der Waals surface area contributed by atoms with Gasteiger partial charge in [-0.3, -0.25) is 4.79 Å². The zero-order valence-corrected chi connectivity index (χ0v) is 10.6. The SMILES string of the molecule is COC(=O)C(N)CCSCc1ccc(O)cc1. The molecule has 1 rings (SSSR count). The van der Waals surface area contributed by atoms with Crippen molar-refractivity contribution in [1.29, 1.82) is 0 Å². The van der Waals surface area contributed by atoms with E-state index < -0.39 is 6.04 Å². The van der Waals surface area contributed by atoms with Crippen molar-refractivity contribution in [3.63, 3.8) is 0 Å². The number of thioether (sulfide) groups is 1. The number of rotatable bonds is 6. The summed E-state index contributed by atoms with van der Waals surface area (Å²) in [6.45, 7) is 0. The molecule has 0 bridgehead atoms. The maximum Gasteiger partial charge on any atom is 0.322 e. The molecule has 0 aliphatic carbocycles. The molecule has 0 amide bonds. The highest BCUT2D eigenvalue weighted by atomic mass is 32.2. The first kappa shape index (κ1) is 13.9. The number of phenols is 1. The van der Waals surface area contributed by atoms with Crippen LogP contribution in [0.25, 0.3) is 0 Å². The fourth-order valence-electron chi connectivity index (χ4n) is 1.26. The van der Waals surface area contributed by atoms with E-state index in [1.807, 2.05) is 12.1 Å². The van der Waals surface area contributed by atoms with Gasteiger partial charge in [0.15, 0.2) is 0 Å². The molecule has 1 aromatic carbocycles. The number of hydrogen-bond donors (Lipinski definition) is 2. The molecule has 5 heteroatoms. The number of methoxy groups -OCH3 is 1. The van der Waals surface area contributed by atoms with E-state index in [2.05, 4.69) is 4.74 Å². The molecule has 0 heterocycles.